The SMILES string of the molecule is CCN(C(=O)Cn1cc(CNC)nn1)C1CCS(=O)(=O)C1. The van der Waals surface area contributed by atoms with Gasteiger partial charge in [0.25, 0.3) is 0 Å². The summed E-state index contributed by atoms with van der Waals surface area (Å²) in [4.78, 5) is 14.0. The average molecular weight is 315 g/mol. The summed E-state index contributed by atoms with van der Waals surface area (Å²) in [6.07, 6.45) is 2.23. The van der Waals surface area contributed by atoms with E-state index < -0.39 is 9.84 Å². The number of carbonyl (C=O) groups is 1. The normalized spacial score (nSPS) is 20.6. The maximum atomic E-state index is 12.3. The van der Waals surface area contributed by atoms with E-state index in [2.05, 4.69) is 15.6 Å². The number of carbonyl (C=O) groups excluding carboxylic acids is 1. The number of rotatable bonds is 6. The standard InChI is InChI=1S/C12H21N5O3S/c1-3-17(11-4-5-21(19,20)9-11)12(18)8-16-7-10(6-13-2)14-15-16/h7,11,13H,3-6,8-9H2,1-2H3. The fourth-order valence-corrected chi connectivity index (χ4v) is 4.30. The number of sulfone groups is 1. The van der Waals surface area contributed by atoms with E-state index in [0.29, 0.717) is 19.5 Å². The van der Waals surface area contributed by atoms with Gasteiger partial charge in [0.1, 0.15) is 6.54 Å². The molecule has 2 heterocycles. The van der Waals surface area contributed by atoms with E-state index in [0.717, 1.165) is 5.69 Å². The summed E-state index contributed by atoms with van der Waals surface area (Å²) >= 11 is 0. The predicted octanol–water partition coefficient (Wildman–Crippen LogP) is -0.967. The molecule has 1 N–H and O–H groups in total. The van der Waals surface area contributed by atoms with Crippen LogP contribution >= 0.6 is 0 Å². The first kappa shape index (κ1) is 15.9. The van der Waals surface area contributed by atoms with Gasteiger partial charge in [0.05, 0.1) is 23.4 Å². The Morgan fingerprint density at radius 3 is 2.90 bits per heavy atom. The molecular formula is C12H21N5O3S. The second-order valence-electron chi connectivity index (χ2n) is 5.17. The van der Waals surface area contributed by atoms with Gasteiger partial charge in [0, 0.05) is 19.1 Å². The molecule has 0 bridgehead atoms. The Balaban J connectivity index is 1.99. The molecule has 118 valence electrons. The van der Waals surface area contributed by atoms with Crippen molar-refractivity contribution >= 4 is 15.7 Å². The molecule has 8 nitrogen and oxygen atoms in total. The molecule has 0 radical (unpaired) electrons. The molecule has 1 unspecified atom stereocenters. The summed E-state index contributed by atoms with van der Waals surface area (Å²) in [5.41, 5.74) is 0.761. The highest BCUT2D eigenvalue weighted by molar-refractivity contribution is 7.91. The largest absolute Gasteiger partial charge is 0.337 e. The molecule has 21 heavy (non-hydrogen) atoms. The third kappa shape index (κ3) is 4.01. The molecule has 1 aromatic rings. The van der Waals surface area contributed by atoms with Crippen molar-refractivity contribution in [3.8, 4) is 0 Å². The molecule has 2 rings (SSSR count). The molecule has 1 amide bonds. The molecule has 1 atom stereocenters. The van der Waals surface area contributed by atoms with Crippen LogP contribution in [-0.2, 0) is 27.7 Å². The van der Waals surface area contributed by atoms with Crippen LogP contribution in [0.2, 0.25) is 0 Å². The zero-order valence-corrected chi connectivity index (χ0v) is 13.1. The van der Waals surface area contributed by atoms with Crippen molar-refractivity contribution in [1.82, 2.24) is 25.2 Å². The first-order valence-corrected chi connectivity index (χ1v) is 8.81. The van der Waals surface area contributed by atoms with Crippen LogP contribution in [0.15, 0.2) is 6.20 Å². The third-order valence-electron chi connectivity index (χ3n) is 3.55. The Bertz CT molecular complexity index is 598. The molecule has 0 aromatic carbocycles. The number of hydrogen-bond donors (Lipinski definition) is 1. The second kappa shape index (κ2) is 6.52. The van der Waals surface area contributed by atoms with Crippen molar-refractivity contribution in [2.24, 2.45) is 0 Å². The van der Waals surface area contributed by atoms with E-state index in [1.54, 1.807) is 11.1 Å². The van der Waals surface area contributed by atoms with Crippen LogP contribution < -0.4 is 5.32 Å². The van der Waals surface area contributed by atoms with Crippen LogP contribution in [0.5, 0.6) is 0 Å². The van der Waals surface area contributed by atoms with Crippen LogP contribution in [0.4, 0.5) is 0 Å². The topological polar surface area (TPSA) is 97.2 Å². The minimum absolute atomic E-state index is 0.0644. The minimum Gasteiger partial charge on any atom is -0.337 e. The van der Waals surface area contributed by atoms with Gasteiger partial charge >= 0.3 is 0 Å². The van der Waals surface area contributed by atoms with E-state index in [1.807, 2.05) is 14.0 Å². The fraction of sp³-hybridized carbons (Fsp3) is 0.750. The van der Waals surface area contributed by atoms with Crippen LogP contribution in [0.1, 0.15) is 19.0 Å². The molecular weight excluding hydrogens is 294 g/mol. The molecule has 1 aliphatic rings. The van der Waals surface area contributed by atoms with E-state index in [1.165, 1.54) is 4.68 Å². The Morgan fingerprint density at radius 1 is 1.57 bits per heavy atom. The molecule has 1 aliphatic heterocycles. The monoisotopic (exact) mass is 315 g/mol. The minimum atomic E-state index is -3.00. The van der Waals surface area contributed by atoms with Crippen LogP contribution in [-0.4, -0.2) is 65.4 Å². The van der Waals surface area contributed by atoms with Crippen molar-refractivity contribution in [1.29, 1.82) is 0 Å². The van der Waals surface area contributed by atoms with Gasteiger partial charge in [0.2, 0.25) is 5.91 Å². The first-order chi connectivity index (χ1) is 9.95. The highest BCUT2D eigenvalue weighted by Crippen LogP contribution is 2.18. The first-order valence-electron chi connectivity index (χ1n) is 6.98. The summed E-state index contributed by atoms with van der Waals surface area (Å²) in [6, 6.07) is -0.215. The highest BCUT2D eigenvalue weighted by atomic mass is 32.2. The Kier molecular flexibility index (Phi) is 4.94. The third-order valence-corrected chi connectivity index (χ3v) is 5.30. The summed E-state index contributed by atoms with van der Waals surface area (Å²) < 4.78 is 24.6. The van der Waals surface area contributed by atoms with Crippen molar-refractivity contribution in [2.45, 2.75) is 32.5 Å². The van der Waals surface area contributed by atoms with E-state index in [4.69, 9.17) is 0 Å². The average Bonchev–Trinajstić information content (AvgIpc) is 2.98. The lowest BCUT2D eigenvalue weighted by molar-refractivity contribution is -0.133. The van der Waals surface area contributed by atoms with Gasteiger partial charge < -0.3 is 10.2 Å². The lowest BCUT2D eigenvalue weighted by Crippen LogP contribution is -2.42. The van der Waals surface area contributed by atoms with E-state index in [9.17, 15) is 13.2 Å². The number of likely N-dealkylation sites (N-methyl/N-ethyl adjacent to an activating group) is 1. The molecule has 1 fully saturated rings. The van der Waals surface area contributed by atoms with Crippen molar-refractivity contribution in [3.05, 3.63) is 11.9 Å². The van der Waals surface area contributed by atoms with Gasteiger partial charge in [-0.25, -0.2) is 13.1 Å². The molecule has 0 spiro atoms. The number of aromatic nitrogens is 3. The summed E-state index contributed by atoms with van der Waals surface area (Å²) in [5, 5.41) is 10.8. The Hall–Kier alpha value is -1.48. The summed E-state index contributed by atoms with van der Waals surface area (Å²) in [5.74, 6) is 0.104. The number of hydrogen-bond acceptors (Lipinski definition) is 6. The van der Waals surface area contributed by atoms with Gasteiger partial charge in [-0.15, -0.1) is 5.10 Å². The maximum absolute atomic E-state index is 12.3. The van der Waals surface area contributed by atoms with Gasteiger partial charge in [-0.1, -0.05) is 5.21 Å². The number of nitrogens with zero attached hydrogens (tertiary/aromatic N) is 4. The highest BCUT2D eigenvalue weighted by Gasteiger charge is 2.33. The second-order valence-corrected chi connectivity index (χ2v) is 7.40. The van der Waals surface area contributed by atoms with Gasteiger partial charge in [0.15, 0.2) is 9.84 Å². The van der Waals surface area contributed by atoms with Gasteiger partial charge in [-0.2, -0.15) is 0 Å². The van der Waals surface area contributed by atoms with Crippen LogP contribution in [0.25, 0.3) is 0 Å². The van der Waals surface area contributed by atoms with Gasteiger partial charge in [-0.3, -0.25) is 4.79 Å². The Morgan fingerprint density at radius 2 is 2.33 bits per heavy atom. The predicted molar refractivity (Wildman–Crippen MR) is 77.2 cm³/mol. The fourth-order valence-electron chi connectivity index (χ4n) is 2.57. The molecule has 0 saturated carbocycles. The number of amides is 1. The van der Waals surface area contributed by atoms with E-state index in [-0.39, 0.29) is 30.0 Å². The summed E-state index contributed by atoms with van der Waals surface area (Å²) in [7, 11) is -1.19. The quantitative estimate of drug-likeness (QED) is 0.726. The molecule has 0 aliphatic carbocycles. The lowest BCUT2D eigenvalue weighted by Gasteiger charge is -2.26. The van der Waals surface area contributed by atoms with Crippen molar-refractivity contribution < 1.29 is 13.2 Å². The lowest BCUT2D eigenvalue weighted by atomic mass is 10.2. The number of nitrogens with one attached hydrogen (secondary N) is 1. The zero-order chi connectivity index (χ0) is 15.5. The van der Waals surface area contributed by atoms with E-state index >= 15 is 0 Å². The molecule has 1 saturated heterocycles. The van der Waals surface area contributed by atoms with Crippen LogP contribution in [0, 0.1) is 0 Å². The van der Waals surface area contributed by atoms with Crippen molar-refractivity contribution in [3.63, 3.8) is 0 Å². The Labute approximate surface area is 124 Å². The maximum Gasteiger partial charge on any atom is 0.244 e. The van der Waals surface area contributed by atoms with Gasteiger partial charge in [-0.05, 0) is 20.4 Å². The molecule has 1 aromatic heterocycles. The van der Waals surface area contributed by atoms with Crippen molar-refractivity contribution in [2.75, 3.05) is 25.1 Å². The zero-order valence-electron chi connectivity index (χ0n) is 12.3. The smallest absolute Gasteiger partial charge is 0.244 e. The summed E-state index contributed by atoms with van der Waals surface area (Å²) in [6.45, 7) is 3.03. The molecule has 9 heteroatoms. The van der Waals surface area contributed by atoms with Crippen LogP contribution in [0.3, 0.4) is 0 Å².